The van der Waals surface area contributed by atoms with Crippen LogP contribution >= 0.6 is 0 Å². The topological polar surface area (TPSA) is 30.5 Å². The van der Waals surface area contributed by atoms with E-state index in [1.54, 1.807) is 0 Å². The maximum Gasteiger partial charge on any atom is 0.150 e. The molecule has 2 aromatic rings. The highest BCUT2D eigenvalue weighted by atomic mass is 16.5. The second-order valence-electron chi connectivity index (χ2n) is 6.89. The van der Waals surface area contributed by atoms with Crippen LogP contribution in [0.25, 0.3) is 0 Å². The first kappa shape index (κ1) is 16.8. The molecular weight excluding hydrogens is 298 g/mol. The Bertz CT molecular complexity index is 646. The van der Waals surface area contributed by atoms with Crippen LogP contribution in [0, 0.1) is 12.8 Å². The monoisotopic (exact) mass is 325 g/mol. The normalized spacial score (nSPS) is 23.7. The summed E-state index contributed by atoms with van der Waals surface area (Å²) in [7, 11) is 0. The molecule has 128 valence electrons. The zero-order chi connectivity index (χ0) is 16.9. The minimum atomic E-state index is 0.345. The summed E-state index contributed by atoms with van der Waals surface area (Å²) in [5.41, 5.74) is 2.29. The number of anilines is 1. The fraction of sp³-hybridized carbons (Fsp3) is 0.429. The zero-order valence-corrected chi connectivity index (χ0v) is 14.8. The van der Waals surface area contributed by atoms with Gasteiger partial charge in [-0.2, -0.15) is 0 Å². The third-order valence-corrected chi connectivity index (χ3v) is 4.48. The lowest BCUT2D eigenvalue weighted by Crippen LogP contribution is -2.32. The van der Waals surface area contributed by atoms with Gasteiger partial charge >= 0.3 is 0 Å². The molecule has 1 N–H and O–H groups in total. The molecule has 0 amide bonds. The Balaban J connectivity index is 1.69. The van der Waals surface area contributed by atoms with Crippen molar-refractivity contribution in [3.8, 4) is 11.5 Å². The van der Waals surface area contributed by atoms with E-state index in [9.17, 15) is 0 Å². The van der Waals surface area contributed by atoms with Crippen LogP contribution in [0.15, 0.2) is 48.5 Å². The van der Waals surface area contributed by atoms with Crippen molar-refractivity contribution in [1.29, 1.82) is 0 Å². The van der Waals surface area contributed by atoms with Crippen molar-refractivity contribution >= 4 is 5.69 Å². The largest absolute Gasteiger partial charge is 0.455 e. The lowest BCUT2D eigenvalue weighted by molar-refractivity contribution is -0.0495. The molecule has 0 aromatic heterocycles. The second-order valence-corrected chi connectivity index (χ2v) is 6.89. The summed E-state index contributed by atoms with van der Waals surface area (Å²) in [5.74, 6) is 2.37. The van der Waals surface area contributed by atoms with Gasteiger partial charge in [0, 0.05) is 6.54 Å². The van der Waals surface area contributed by atoms with E-state index in [1.807, 2.05) is 36.4 Å². The molecule has 0 bridgehead atoms. The van der Waals surface area contributed by atoms with E-state index in [0.29, 0.717) is 18.1 Å². The van der Waals surface area contributed by atoms with Crippen LogP contribution in [0.5, 0.6) is 11.5 Å². The number of para-hydroxylation sites is 1. The summed E-state index contributed by atoms with van der Waals surface area (Å²) in [6.07, 6.45) is 2.91. The fourth-order valence-corrected chi connectivity index (χ4v) is 3.45. The minimum absolute atomic E-state index is 0.345. The zero-order valence-electron chi connectivity index (χ0n) is 14.8. The Morgan fingerprint density at radius 3 is 2.46 bits per heavy atom. The Morgan fingerprint density at radius 2 is 1.75 bits per heavy atom. The Labute approximate surface area is 145 Å². The predicted molar refractivity (Wildman–Crippen MR) is 98.9 cm³/mol. The van der Waals surface area contributed by atoms with Gasteiger partial charge in [0.2, 0.25) is 0 Å². The van der Waals surface area contributed by atoms with E-state index in [0.717, 1.165) is 36.6 Å². The van der Waals surface area contributed by atoms with E-state index in [1.165, 1.54) is 5.56 Å². The lowest BCUT2D eigenvalue weighted by Gasteiger charge is -2.32. The van der Waals surface area contributed by atoms with Gasteiger partial charge in [0.15, 0.2) is 5.75 Å². The van der Waals surface area contributed by atoms with E-state index >= 15 is 0 Å². The van der Waals surface area contributed by atoms with Gasteiger partial charge in [-0.05, 0) is 69.4 Å². The number of aryl methyl sites for hydroxylation is 1. The molecular formula is C21H27NO2. The van der Waals surface area contributed by atoms with Crippen molar-refractivity contribution in [2.45, 2.75) is 45.8 Å². The number of rotatable bonds is 5. The maximum absolute atomic E-state index is 6.06. The maximum atomic E-state index is 6.06. The van der Waals surface area contributed by atoms with Crippen LogP contribution in [-0.4, -0.2) is 18.8 Å². The number of ether oxygens (including phenoxy) is 2. The van der Waals surface area contributed by atoms with Gasteiger partial charge in [0.1, 0.15) is 5.75 Å². The predicted octanol–water partition coefficient (Wildman–Crippen LogP) is 5.40. The van der Waals surface area contributed by atoms with Crippen molar-refractivity contribution in [2.75, 3.05) is 11.9 Å². The average molecular weight is 325 g/mol. The molecule has 1 fully saturated rings. The molecule has 1 aliphatic heterocycles. The van der Waals surface area contributed by atoms with Crippen LogP contribution in [0.2, 0.25) is 0 Å². The van der Waals surface area contributed by atoms with Gasteiger partial charge in [0.05, 0.1) is 17.9 Å². The summed E-state index contributed by atoms with van der Waals surface area (Å²) in [5, 5.41) is 3.60. The standard InChI is InChI=1S/C21H27NO2/c1-15-9-10-21(24-19-7-5-4-6-8-19)20(11-15)22-14-18-12-16(2)23-17(3)13-18/h4-11,16-18,22H,12-14H2,1-3H3/t16-,17+,18?. The quantitative estimate of drug-likeness (QED) is 0.798. The molecule has 2 aromatic carbocycles. The van der Waals surface area contributed by atoms with Gasteiger partial charge in [-0.3, -0.25) is 0 Å². The SMILES string of the molecule is Cc1ccc(Oc2ccccc2)c(NCC2C[C@@H](C)O[C@@H](C)C2)c1. The van der Waals surface area contributed by atoms with Crippen molar-refractivity contribution in [1.82, 2.24) is 0 Å². The number of hydrogen-bond donors (Lipinski definition) is 1. The van der Waals surface area contributed by atoms with Crippen molar-refractivity contribution in [3.63, 3.8) is 0 Å². The Hall–Kier alpha value is -2.00. The Kier molecular flexibility index (Phi) is 5.41. The fourth-order valence-electron chi connectivity index (χ4n) is 3.45. The van der Waals surface area contributed by atoms with E-state index in [-0.39, 0.29) is 0 Å². The van der Waals surface area contributed by atoms with Gasteiger partial charge in [-0.1, -0.05) is 24.3 Å². The van der Waals surface area contributed by atoms with E-state index < -0.39 is 0 Å². The third-order valence-electron chi connectivity index (χ3n) is 4.48. The minimum Gasteiger partial charge on any atom is -0.455 e. The van der Waals surface area contributed by atoms with E-state index in [4.69, 9.17) is 9.47 Å². The van der Waals surface area contributed by atoms with Crippen LogP contribution < -0.4 is 10.1 Å². The molecule has 1 aliphatic rings. The first-order valence-electron chi connectivity index (χ1n) is 8.83. The summed E-state index contributed by atoms with van der Waals surface area (Å²) in [6, 6.07) is 16.2. The molecule has 1 saturated heterocycles. The summed E-state index contributed by atoms with van der Waals surface area (Å²) in [4.78, 5) is 0. The third kappa shape index (κ3) is 4.51. The lowest BCUT2D eigenvalue weighted by atomic mass is 9.92. The molecule has 0 saturated carbocycles. The van der Waals surface area contributed by atoms with Gasteiger partial charge in [-0.15, -0.1) is 0 Å². The van der Waals surface area contributed by atoms with Crippen LogP contribution in [0.1, 0.15) is 32.3 Å². The van der Waals surface area contributed by atoms with Gasteiger partial charge < -0.3 is 14.8 Å². The van der Waals surface area contributed by atoms with Crippen LogP contribution in [-0.2, 0) is 4.74 Å². The molecule has 0 spiro atoms. The summed E-state index contributed by atoms with van der Waals surface area (Å²) < 4.78 is 11.9. The second kappa shape index (κ2) is 7.71. The molecule has 3 atom stereocenters. The molecule has 3 heteroatoms. The molecule has 24 heavy (non-hydrogen) atoms. The molecule has 3 nitrogen and oxygen atoms in total. The average Bonchev–Trinajstić information content (AvgIpc) is 2.55. The van der Waals surface area contributed by atoms with Crippen molar-refractivity contribution in [2.24, 2.45) is 5.92 Å². The number of nitrogens with one attached hydrogen (secondary N) is 1. The molecule has 0 radical (unpaired) electrons. The van der Waals surface area contributed by atoms with E-state index in [2.05, 4.69) is 38.2 Å². The van der Waals surface area contributed by atoms with Crippen LogP contribution in [0.3, 0.4) is 0 Å². The highest BCUT2D eigenvalue weighted by molar-refractivity contribution is 5.59. The van der Waals surface area contributed by atoms with Crippen molar-refractivity contribution < 1.29 is 9.47 Å². The Morgan fingerprint density at radius 1 is 1.04 bits per heavy atom. The molecule has 3 rings (SSSR count). The number of hydrogen-bond acceptors (Lipinski definition) is 3. The van der Waals surface area contributed by atoms with Crippen LogP contribution in [0.4, 0.5) is 5.69 Å². The number of benzene rings is 2. The highest BCUT2D eigenvalue weighted by Gasteiger charge is 2.24. The van der Waals surface area contributed by atoms with Gasteiger partial charge in [0.25, 0.3) is 0 Å². The highest BCUT2D eigenvalue weighted by Crippen LogP contribution is 2.32. The smallest absolute Gasteiger partial charge is 0.150 e. The first-order chi connectivity index (χ1) is 11.6. The summed E-state index contributed by atoms with van der Waals surface area (Å²) >= 11 is 0. The van der Waals surface area contributed by atoms with Crippen molar-refractivity contribution in [3.05, 3.63) is 54.1 Å². The molecule has 1 unspecified atom stereocenters. The molecule has 0 aliphatic carbocycles. The van der Waals surface area contributed by atoms with Gasteiger partial charge in [-0.25, -0.2) is 0 Å². The summed E-state index contributed by atoms with van der Waals surface area (Å²) in [6.45, 7) is 7.39. The molecule has 1 heterocycles. The first-order valence-corrected chi connectivity index (χ1v) is 8.83.